The second-order valence-electron chi connectivity index (χ2n) is 5.73. The molecule has 26 heavy (non-hydrogen) atoms. The molecule has 7 heteroatoms. The van der Waals surface area contributed by atoms with Crippen LogP contribution in [0.5, 0.6) is 11.5 Å². The first-order chi connectivity index (χ1) is 12.6. The van der Waals surface area contributed by atoms with Gasteiger partial charge in [0, 0.05) is 6.42 Å². The summed E-state index contributed by atoms with van der Waals surface area (Å²) in [5, 5.41) is 5.16. The Morgan fingerprint density at radius 1 is 1.08 bits per heavy atom. The van der Waals surface area contributed by atoms with Crippen molar-refractivity contribution in [3.8, 4) is 11.5 Å². The first-order valence-electron chi connectivity index (χ1n) is 8.19. The van der Waals surface area contributed by atoms with Gasteiger partial charge < -0.3 is 20.1 Å². The molecule has 1 fully saturated rings. The minimum Gasteiger partial charge on any atom is -0.455 e. The molecule has 3 rings (SSSR count). The van der Waals surface area contributed by atoms with Crippen LogP contribution in [-0.4, -0.2) is 30.4 Å². The molecular weight excluding hydrogens is 336 g/mol. The second-order valence-corrected chi connectivity index (χ2v) is 5.73. The van der Waals surface area contributed by atoms with Gasteiger partial charge in [0.2, 0.25) is 5.91 Å². The lowest BCUT2D eigenvalue weighted by Gasteiger charge is -2.13. The molecule has 0 aliphatic carbocycles. The fourth-order valence-electron chi connectivity index (χ4n) is 2.49. The highest BCUT2D eigenvalue weighted by molar-refractivity contribution is 5.95. The van der Waals surface area contributed by atoms with E-state index in [0.717, 1.165) is 0 Å². The number of rotatable bonds is 6. The first kappa shape index (κ1) is 17.5. The van der Waals surface area contributed by atoms with Gasteiger partial charge >= 0.3 is 5.97 Å². The molecule has 134 valence electrons. The van der Waals surface area contributed by atoms with E-state index in [-0.39, 0.29) is 12.3 Å². The predicted molar refractivity (Wildman–Crippen MR) is 93.7 cm³/mol. The van der Waals surface area contributed by atoms with Crippen LogP contribution in [0.2, 0.25) is 0 Å². The van der Waals surface area contributed by atoms with Crippen molar-refractivity contribution in [1.29, 1.82) is 0 Å². The summed E-state index contributed by atoms with van der Waals surface area (Å²) < 4.78 is 10.7. The molecule has 1 aliphatic rings. The average Bonchev–Trinajstić information content (AvgIpc) is 3.09. The summed E-state index contributed by atoms with van der Waals surface area (Å²) >= 11 is 0. The molecular formula is C19H18N2O5. The monoisotopic (exact) mass is 354 g/mol. The number of hydrogen-bond acceptors (Lipinski definition) is 5. The van der Waals surface area contributed by atoms with Gasteiger partial charge in [-0.05, 0) is 30.7 Å². The highest BCUT2D eigenvalue weighted by Crippen LogP contribution is 2.28. The molecule has 2 N–H and O–H groups in total. The highest BCUT2D eigenvalue weighted by atomic mass is 16.5. The van der Waals surface area contributed by atoms with Crippen molar-refractivity contribution >= 4 is 23.5 Å². The third kappa shape index (κ3) is 4.60. The van der Waals surface area contributed by atoms with Gasteiger partial charge in [0.05, 0.1) is 5.69 Å². The molecule has 0 bridgehead atoms. The number of esters is 1. The van der Waals surface area contributed by atoms with Crippen LogP contribution in [0.15, 0.2) is 54.6 Å². The van der Waals surface area contributed by atoms with Crippen LogP contribution in [0.4, 0.5) is 5.69 Å². The van der Waals surface area contributed by atoms with Crippen LogP contribution in [0.25, 0.3) is 0 Å². The maximum absolute atomic E-state index is 12.1. The van der Waals surface area contributed by atoms with Gasteiger partial charge in [0.15, 0.2) is 12.4 Å². The van der Waals surface area contributed by atoms with Gasteiger partial charge in [-0.3, -0.25) is 9.59 Å². The van der Waals surface area contributed by atoms with Crippen molar-refractivity contribution in [3.63, 3.8) is 0 Å². The summed E-state index contributed by atoms with van der Waals surface area (Å²) in [7, 11) is 0. The lowest BCUT2D eigenvalue weighted by molar-refractivity contribution is -0.149. The summed E-state index contributed by atoms with van der Waals surface area (Å²) in [6, 6.07) is 15.5. The van der Waals surface area contributed by atoms with E-state index in [1.165, 1.54) is 0 Å². The van der Waals surface area contributed by atoms with Gasteiger partial charge in [0.25, 0.3) is 5.91 Å². The number of para-hydroxylation sites is 3. The molecule has 1 heterocycles. The fraction of sp³-hybridized carbons (Fsp3) is 0.211. The maximum atomic E-state index is 12.1. The fourth-order valence-corrected chi connectivity index (χ4v) is 2.49. The molecule has 2 aromatic carbocycles. The van der Waals surface area contributed by atoms with E-state index >= 15 is 0 Å². The van der Waals surface area contributed by atoms with Crippen molar-refractivity contribution in [2.24, 2.45) is 0 Å². The van der Waals surface area contributed by atoms with Crippen molar-refractivity contribution < 1.29 is 23.9 Å². The zero-order valence-electron chi connectivity index (χ0n) is 13.9. The minimum atomic E-state index is -0.677. The zero-order chi connectivity index (χ0) is 18.4. The molecule has 0 spiro atoms. The largest absolute Gasteiger partial charge is 0.455 e. The number of anilines is 1. The van der Waals surface area contributed by atoms with E-state index in [9.17, 15) is 14.4 Å². The Morgan fingerprint density at radius 2 is 1.81 bits per heavy atom. The van der Waals surface area contributed by atoms with Crippen LogP contribution in [0.3, 0.4) is 0 Å². The van der Waals surface area contributed by atoms with Gasteiger partial charge in [-0.25, -0.2) is 4.79 Å². The SMILES string of the molecule is O=C(COC(=O)[C@H]1CCC(=O)N1)Nc1ccccc1Oc1ccccc1. The van der Waals surface area contributed by atoms with Crippen molar-refractivity contribution in [2.45, 2.75) is 18.9 Å². The Hall–Kier alpha value is -3.35. The molecule has 7 nitrogen and oxygen atoms in total. The lowest BCUT2D eigenvalue weighted by Crippen LogP contribution is -2.36. The number of nitrogens with one attached hydrogen (secondary N) is 2. The quantitative estimate of drug-likeness (QED) is 0.776. The van der Waals surface area contributed by atoms with Gasteiger partial charge in [0.1, 0.15) is 11.8 Å². The summed E-state index contributed by atoms with van der Waals surface area (Å²) in [5.74, 6) is -0.186. The van der Waals surface area contributed by atoms with Crippen molar-refractivity contribution in [1.82, 2.24) is 5.32 Å². The minimum absolute atomic E-state index is 0.191. The van der Waals surface area contributed by atoms with E-state index in [1.807, 2.05) is 18.2 Å². The third-order valence-electron chi connectivity index (χ3n) is 3.76. The summed E-state index contributed by atoms with van der Waals surface area (Å²) in [5.41, 5.74) is 0.464. The van der Waals surface area contributed by atoms with Crippen LogP contribution < -0.4 is 15.4 Å². The zero-order valence-corrected chi connectivity index (χ0v) is 13.9. The molecule has 2 aromatic rings. The first-order valence-corrected chi connectivity index (χ1v) is 8.19. The van der Waals surface area contributed by atoms with E-state index in [0.29, 0.717) is 23.6 Å². The van der Waals surface area contributed by atoms with Gasteiger partial charge in [-0.15, -0.1) is 0 Å². The van der Waals surface area contributed by atoms with E-state index < -0.39 is 24.5 Å². The Bertz CT molecular complexity index is 807. The summed E-state index contributed by atoms with van der Waals surface area (Å²) in [6.45, 7) is -0.440. The number of benzene rings is 2. The van der Waals surface area contributed by atoms with Gasteiger partial charge in [-0.2, -0.15) is 0 Å². The predicted octanol–water partition coefficient (Wildman–Crippen LogP) is 2.24. The smallest absolute Gasteiger partial charge is 0.329 e. The number of hydrogen-bond donors (Lipinski definition) is 2. The molecule has 0 radical (unpaired) electrons. The normalized spacial score (nSPS) is 15.8. The Morgan fingerprint density at radius 3 is 2.54 bits per heavy atom. The average molecular weight is 354 g/mol. The number of ether oxygens (including phenoxy) is 2. The van der Waals surface area contributed by atoms with Crippen molar-refractivity contribution in [2.75, 3.05) is 11.9 Å². The third-order valence-corrected chi connectivity index (χ3v) is 3.76. The number of amides is 2. The standard InChI is InChI=1S/C19H18N2O5/c22-17-11-10-15(21-17)19(24)25-12-18(23)20-14-8-4-5-9-16(14)26-13-6-2-1-3-7-13/h1-9,15H,10-12H2,(H,20,23)(H,21,22)/t15-/m1/s1. The van der Waals surface area contributed by atoms with E-state index in [1.54, 1.807) is 36.4 Å². The van der Waals surface area contributed by atoms with E-state index in [2.05, 4.69) is 10.6 Å². The van der Waals surface area contributed by atoms with Crippen LogP contribution in [-0.2, 0) is 19.1 Å². The second kappa shape index (κ2) is 8.15. The number of carbonyl (C=O) groups is 3. The lowest BCUT2D eigenvalue weighted by atomic mass is 10.2. The van der Waals surface area contributed by atoms with Crippen LogP contribution in [0, 0.1) is 0 Å². The molecule has 2 amide bonds. The molecule has 1 aliphatic heterocycles. The molecule has 0 saturated carbocycles. The van der Waals surface area contributed by atoms with Gasteiger partial charge in [-0.1, -0.05) is 30.3 Å². The Labute approximate surface area is 150 Å². The van der Waals surface area contributed by atoms with Crippen molar-refractivity contribution in [3.05, 3.63) is 54.6 Å². The topological polar surface area (TPSA) is 93.7 Å². The van der Waals surface area contributed by atoms with Crippen LogP contribution >= 0.6 is 0 Å². The molecule has 0 unspecified atom stereocenters. The molecule has 1 saturated heterocycles. The summed E-state index contributed by atoms with van der Waals surface area (Å²) in [4.78, 5) is 35.0. The van der Waals surface area contributed by atoms with Crippen LogP contribution in [0.1, 0.15) is 12.8 Å². The molecule has 0 aromatic heterocycles. The number of carbonyl (C=O) groups excluding carboxylic acids is 3. The summed E-state index contributed by atoms with van der Waals surface area (Å²) in [6.07, 6.45) is 0.670. The maximum Gasteiger partial charge on any atom is 0.329 e. The highest BCUT2D eigenvalue weighted by Gasteiger charge is 2.28. The van der Waals surface area contributed by atoms with E-state index in [4.69, 9.17) is 9.47 Å². The Balaban J connectivity index is 1.56. The molecule has 1 atom stereocenters. The Kier molecular flexibility index (Phi) is 5.48.